The molecule has 23 heavy (non-hydrogen) atoms. The summed E-state index contributed by atoms with van der Waals surface area (Å²) < 4.78 is 5.19. The Bertz CT molecular complexity index is 540. The number of carbonyl (C=O) groups excluding carboxylic acids is 2. The first-order chi connectivity index (χ1) is 10.7. The molecule has 126 valence electrons. The van der Waals surface area contributed by atoms with Crippen LogP contribution in [0.5, 0.6) is 0 Å². The van der Waals surface area contributed by atoms with E-state index in [1.54, 1.807) is 18.2 Å². The molecule has 0 fully saturated rings. The molecule has 6 nitrogen and oxygen atoms in total. The summed E-state index contributed by atoms with van der Waals surface area (Å²) in [4.78, 5) is 23.3. The molecule has 0 saturated heterocycles. The Morgan fingerprint density at radius 1 is 1.17 bits per heavy atom. The Morgan fingerprint density at radius 2 is 1.83 bits per heavy atom. The smallest absolute Gasteiger partial charge is 0.460 e. The zero-order chi connectivity index (χ0) is 17.5. The van der Waals surface area contributed by atoms with Gasteiger partial charge >= 0.3 is 13.1 Å². The average Bonchev–Trinajstić information content (AvgIpc) is 2.42. The van der Waals surface area contributed by atoms with Crippen LogP contribution in [-0.2, 0) is 14.3 Å². The van der Waals surface area contributed by atoms with Crippen molar-refractivity contribution in [1.82, 2.24) is 0 Å². The van der Waals surface area contributed by atoms with Crippen LogP contribution in [0.25, 0.3) is 0 Å². The van der Waals surface area contributed by atoms with Crippen LogP contribution in [0.1, 0.15) is 46.5 Å². The molecule has 0 saturated carbocycles. The number of amides is 1. The molecule has 0 aromatic heterocycles. The van der Waals surface area contributed by atoms with Gasteiger partial charge in [0.15, 0.2) is 0 Å². The molecule has 0 aliphatic rings. The minimum absolute atomic E-state index is 0.182. The molecule has 3 N–H and O–H groups in total. The number of carbonyl (C=O) groups is 2. The molecule has 1 rings (SSSR count). The van der Waals surface area contributed by atoms with Gasteiger partial charge in [0.1, 0.15) is 5.60 Å². The van der Waals surface area contributed by atoms with Gasteiger partial charge in [-0.25, -0.2) is 0 Å². The maximum absolute atomic E-state index is 11.8. The predicted molar refractivity (Wildman–Crippen MR) is 89.2 cm³/mol. The molecule has 0 heterocycles. The van der Waals surface area contributed by atoms with Crippen molar-refractivity contribution < 1.29 is 24.4 Å². The molecule has 0 aliphatic heterocycles. The summed E-state index contributed by atoms with van der Waals surface area (Å²) in [6.45, 7) is 5.45. The molecular formula is C16H24BNO5. The van der Waals surface area contributed by atoms with Crippen LogP contribution in [0, 0.1) is 0 Å². The van der Waals surface area contributed by atoms with Gasteiger partial charge in [-0.3, -0.25) is 9.59 Å². The number of nitrogens with one attached hydrogen (secondary N) is 1. The minimum atomic E-state index is -1.57. The summed E-state index contributed by atoms with van der Waals surface area (Å²) in [5, 5.41) is 20.9. The Hall–Kier alpha value is -1.86. The molecule has 1 aromatic carbocycles. The summed E-state index contributed by atoms with van der Waals surface area (Å²) in [6, 6.07) is 6.36. The first-order valence-electron chi connectivity index (χ1n) is 7.65. The molecule has 7 heteroatoms. The number of esters is 1. The molecule has 0 spiro atoms. The molecule has 0 bridgehead atoms. The standard InChI is InChI=1S/C16H24BNO5/c1-16(2,3)23-15(20)10-5-4-9-14(19)18-13-8-6-7-12(11-13)17(21)22/h6-8,11,21-22H,4-5,9-10H2,1-3H3,(H,18,19). The Balaban J connectivity index is 2.30. The summed E-state index contributed by atoms with van der Waals surface area (Å²) in [6.07, 6.45) is 1.73. The van der Waals surface area contributed by atoms with Crippen molar-refractivity contribution in [3.05, 3.63) is 24.3 Å². The van der Waals surface area contributed by atoms with E-state index in [2.05, 4.69) is 5.32 Å². The van der Waals surface area contributed by atoms with Gasteiger partial charge in [0.05, 0.1) is 0 Å². The predicted octanol–water partition coefficient (Wildman–Crippen LogP) is 1.21. The normalized spacial score (nSPS) is 11.0. The van der Waals surface area contributed by atoms with Gasteiger partial charge in [0, 0.05) is 18.5 Å². The monoisotopic (exact) mass is 321 g/mol. The quantitative estimate of drug-likeness (QED) is 0.398. The Morgan fingerprint density at radius 3 is 2.43 bits per heavy atom. The number of benzene rings is 1. The highest BCUT2D eigenvalue weighted by Crippen LogP contribution is 2.11. The molecule has 0 aliphatic carbocycles. The van der Waals surface area contributed by atoms with E-state index in [1.807, 2.05) is 20.8 Å². The SMILES string of the molecule is CC(C)(C)OC(=O)CCCCC(=O)Nc1cccc(B(O)O)c1. The molecule has 0 radical (unpaired) electrons. The van der Waals surface area contributed by atoms with Crippen molar-refractivity contribution in [2.24, 2.45) is 0 Å². The maximum Gasteiger partial charge on any atom is 0.488 e. The van der Waals surface area contributed by atoms with E-state index in [4.69, 9.17) is 14.8 Å². The van der Waals surface area contributed by atoms with Gasteiger partial charge in [0.25, 0.3) is 0 Å². The summed E-state index contributed by atoms with van der Waals surface area (Å²) in [5.74, 6) is -0.443. The van der Waals surface area contributed by atoms with E-state index in [1.165, 1.54) is 6.07 Å². The zero-order valence-electron chi connectivity index (χ0n) is 13.8. The number of hydrogen-bond donors (Lipinski definition) is 3. The van der Waals surface area contributed by atoms with Crippen LogP contribution < -0.4 is 10.8 Å². The second-order valence-electron chi connectivity index (χ2n) is 6.34. The molecule has 0 atom stereocenters. The number of anilines is 1. The number of unbranched alkanes of at least 4 members (excludes halogenated alkanes) is 1. The third-order valence-corrected chi connectivity index (χ3v) is 2.92. The third-order valence-electron chi connectivity index (χ3n) is 2.92. The fourth-order valence-electron chi connectivity index (χ4n) is 1.95. The number of rotatable bonds is 7. The summed E-state index contributed by atoms with van der Waals surface area (Å²) in [5.41, 5.74) is 0.331. The van der Waals surface area contributed by atoms with Crippen molar-refractivity contribution in [3.8, 4) is 0 Å². The fraction of sp³-hybridized carbons (Fsp3) is 0.500. The van der Waals surface area contributed by atoms with E-state index < -0.39 is 12.7 Å². The van der Waals surface area contributed by atoms with Crippen molar-refractivity contribution in [1.29, 1.82) is 0 Å². The van der Waals surface area contributed by atoms with Gasteiger partial charge in [-0.15, -0.1) is 0 Å². The van der Waals surface area contributed by atoms with Crippen molar-refractivity contribution in [2.45, 2.75) is 52.1 Å². The van der Waals surface area contributed by atoms with Crippen LogP contribution >= 0.6 is 0 Å². The molecule has 1 amide bonds. The molecule has 1 aromatic rings. The fourth-order valence-corrected chi connectivity index (χ4v) is 1.95. The lowest BCUT2D eigenvalue weighted by Crippen LogP contribution is -2.30. The van der Waals surface area contributed by atoms with Crippen molar-refractivity contribution in [3.63, 3.8) is 0 Å². The highest BCUT2D eigenvalue weighted by atomic mass is 16.6. The van der Waals surface area contributed by atoms with Crippen LogP contribution in [0.4, 0.5) is 5.69 Å². The first kappa shape index (κ1) is 19.2. The second kappa shape index (κ2) is 8.69. The van der Waals surface area contributed by atoms with Crippen LogP contribution in [0.15, 0.2) is 24.3 Å². The third kappa shape index (κ3) is 8.37. The van der Waals surface area contributed by atoms with E-state index >= 15 is 0 Å². The first-order valence-corrected chi connectivity index (χ1v) is 7.65. The highest BCUT2D eigenvalue weighted by Gasteiger charge is 2.16. The molecular weight excluding hydrogens is 297 g/mol. The summed E-state index contributed by atoms with van der Waals surface area (Å²) >= 11 is 0. The van der Waals surface area contributed by atoms with Gasteiger partial charge < -0.3 is 20.1 Å². The summed E-state index contributed by atoms with van der Waals surface area (Å²) in [7, 11) is -1.57. The van der Waals surface area contributed by atoms with Gasteiger partial charge in [-0.05, 0) is 51.2 Å². The van der Waals surface area contributed by atoms with E-state index in [0.29, 0.717) is 24.0 Å². The highest BCUT2D eigenvalue weighted by molar-refractivity contribution is 6.58. The van der Waals surface area contributed by atoms with Gasteiger partial charge in [-0.2, -0.15) is 0 Å². The average molecular weight is 321 g/mol. The van der Waals surface area contributed by atoms with E-state index in [9.17, 15) is 9.59 Å². The maximum atomic E-state index is 11.8. The van der Waals surface area contributed by atoms with E-state index in [-0.39, 0.29) is 24.7 Å². The number of hydrogen-bond acceptors (Lipinski definition) is 5. The van der Waals surface area contributed by atoms with Crippen molar-refractivity contribution >= 4 is 30.1 Å². The number of ether oxygens (including phenoxy) is 1. The van der Waals surface area contributed by atoms with Gasteiger partial charge in [-0.1, -0.05) is 12.1 Å². The Kier molecular flexibility index (Phi) is 7.25. The lowest BCUT2D eigenvalue weighted by molar-refractivity contribution is -0.155. The second-order valence-corrected chi connectivity index (χ2v) is 6.34. The topological polar surface area (TPSA) is 95.9 Å². The van der Waals surface area contributed by atoms with Crippen LogP contribution in [0.3, 0.4) is 0 Å². The van der Waals surface area contributed by atoms with Crippen molar-refractivity contribution in [2.75, 3.05) is 5.32 Å². The molecule has 0 unspecified atom stereocenters. The van der Waals surface area contributed by atoms with Gasteiger partial charge in [0.2, 0.25) is 5.91 Å². The van der Waals surface area contributed by atoms with Crippen LogP contribution in [-0.4, -0.2) is 34.6 Å². The Labute approximate surface area is 137 Å². The van der Waals surface area contributed by atoms with E-state index in [0.717, 1.165) is 0 Å². The lowest BCUT2D eigenvalue weighted by atomic mass is 9.80. The zero-order valence-corrected chi connectivity index (χ0v) is 13.8. The lowest BCUT2D eigenvalue weighted by Gasteiger charge is -2.19. The minimum Gasteiger partial charge on any atom is -0.460 e. The largest absolute Gasteiger partial charge is 0.488 e. The van der Waals surface area contributed by atoms with Crippen LogP contribution in [0.2, 0.25) is 0 Å².